The van der Waals surface area contributed by atoms with Gasteiger partial charge in [0.2, 0.25) is 0 Å². The van der Waals surface area contributed by atoms with Gasteiger partial charge in [-0.15, -0.1) is 0 Å². The van der Waals surface area contributed by atoms with Crippen molar-refractivity contribution in [3.05, 3.63) is 78.5 Å². The summed E-state index contributed by atoms with van der Waals surface area (Å²) in [6.07, 6.45) is 9.13. The molecule has 0 unspecified atom stereocenters. The Kier molecular flexibility index (Phi) is 4.55. The maximum Gasteiger partial charge on any atom is 0.274 e. The van der Waals surface area contributed by atoms with Gasteiger partial charge < -0.3 is 5.32 Å². The number of aryl methyl sites for hydroxylation is 1. The van der Waals surface area contributed by atoms with Crippen molar-refractivity contribution in [1.82, 2.24) is 24.7 Å². The van der Waals surface area contributed by atoms with E-state index in [2.05, 4.69) is 20.4 Å². The van der Waals surface area contributed by atoms with Gasteiger partial charge in [0.05, 0.1) is 17.1 Å². The summed E-state index contributed by atoms with van der Waals surface area (Å²) >= 11 is 0. The number of carbonyl (C=O) groups is 1. The zero-order chi connectivity index (χ0) is 20.5. The fourth-order valence-corrected chi connectivity index (χ4v) is 3.50. The van der Waals surface area contributed by atoms with Crippen molar-refractivity contribution in [3.8, 4) is 22.6 Å². The van der Waals surface area contributed by atoms with Gasteiger partial charge >= 0.3 is 0 Å². The molecule has 0 atom stereocenters. The van der Waals surface area contributed by atoms with Crippen LogP contribution in [0.25, 0.3) is 22.6 Å². The van der Waals surface area contributed by atoms with E-state index >= 15 is 0 Å². The molecule has 0 aromatic carbocycles. The topological polar surface area (TPSA) is 85.6 Å². The van der Waals surface area contributed by atoms with Gasteiger partial charge in [0.25, 0.3) is 5.91 Å². The lowest BCUT2D eigenvalue weighted by molar-refractivity contribution is 0.102. The van der Waals surface area contributed by atoms with E-state index in [9.17, 15) is 4.79 Å². The monoisotopic (exact) mass is 396 g/mol. The minimum atomic E-state index is -0.243. The van der Waals surface area contributed by atoms with Crippen LogP contribution >= 0.6 is 0 Å². The van der Waals surface area contributed by atoms with Crippen LogP contribution in [0.4, 0.5) is 5.69 Å². The molecule has 1 fully saturated rings. The van der Waals surface area contributed by atoms with Crippen LogP contribution in [0.5, 0.6) is 0 Å². The van der Waals surface area contributed by atoms with Gasteiger partial charge in [-0.25, -0.2) is 4.98 Å². The standard InChI is InChI=1S/C23H20N6O/c1-29-14-20(22(28-29)19-6-2-3-12-25-19)27-23(30)21-17(15-7-8-15)9-10-18(26-21)16-5-4-11-24-13-16/h2-6,9-15H,7-8H2,1H3,(H,27,30). The van der Waals surface area contributed by atoms with Gasteiger partial charge in [-0.2, -0.15) is 5.10 Å². The van der Waals surface area contributed by atoms with Crippen molar-refractivity contribution in [3.63, 3.8) is 0 Å². The Morgan fingerprint density at radius 2 is 1.97 bits per heavy atom. The highest BCUT2D eigenvalue weighted by Gasteiger charge is 2.30. The van der Waals surface area contributed by atoms with Crippen LogP contribution < -0.4 is 5.32 Å². The van der Waals surface area contributed by atoms with Crippen molar-refractivity contribution in [2.24, 2.45) is 7.05 Å². The van der Waals surface area contributed by atoms with Crippen molar-refractivity contribution >= 4 is 11.6 Å². The van der Waals surface area contributed by atoms with Crippen molar-refractivity contribution in [2.45, 2.75) is 18.8 Å². The van der Waals surface area contributed by atoms with Crippen LogP contribution in [0.3, 0.4) is 0 Å². The molecule has 30 heavy (non-hydrogen) atoms. The average Bonchev–Trinajstić information content (AvgIpc) is 3.57. The molecule has 4 aromatic rings. The third-order valence-corrected chi connectivity index (χ3v) is 5.10. The molecule has 1 saturated carbocycles. The van der Waals surface area contributed by atoms with E-state index in [0.29, 0.717) is 28.7 Å². The highest BCUT2D eigenvalue weighted by molar-refractivity contribution is 6.06. The number of hydrogen-bond donors (Lipinski definition) is 1. The van der Waals surface area contributed by atoms with E-state index in [0.717, 1.165) is 29.7 Å². The highest BCUT2D eigenvalue weighted by atomic mass is 16.1. The molecule has 1 amide bonds. The number of aromatic nitrogens is 5. The van der Waals surface area contributed by atoms with Crippen molar-refractivity contribution in [2.75, 3.05) is 5.32 Å². The summed E-state index contributed by atoms with van der Waals surface area (Å²) in [5.74, 6) is 0.151. The molecule has 1 aliphatic rings. The predicted octanol–water partition coefficient (Wildman–Crippen LogP) is 4.07. The SMILES string of the molecule is Cn1cc(NC(=O)c2nc(-c3cccnc3)ccc2C2CC2)c(-c2ccccn2)n1. The average molecular weight is 396 g/mol. The molecule has 5 rings (SSSR count). The number of nitrogens with one attached hydrogen (secondary N) is 1. The number of amides is 1. The van der Waals surface area contributed by atoms with E-state index in [1.807, 2.05) is 49.5 Å². The Bertz CT molecular complexity index is 1200. The lowest BCUT2D eigenvalue weighted by Crippen LogP contribution is -2.16. The number of pyridine rings is 3. The van der Waals surface area contributed by atoms with Gasteiger partial charge in [0.1, 0.15) is 11.4 Å². The van der Waals surface area contributed by atoms with Crippen LogP contribution in [0.15, 0.2) is 67.3 Å². The Labute approximate surface area is 173 Å². The van der Waals surface area contributed by atoms with Crippen molar-refractivity contribution in [1.29, 1.82) is 0 Å². The molecule has 0 spiro atoms. The summed E-state index contributed by atoms with van der Waals surface area (Å²) in [5.41, 5.74) is 4.99. The van der Waals surface area contributed by atoms with Gasteiger partial charge in [-0.05, 0) is 54.7 Å². The Morgan fingerprint density at radius 1 is 1.07 bits per heavy atom. The molecule has 0 radical (unpaired) electrons. The summed E-state index contributed by atoms with van der Waals surface area (Å²) in [6.45, 7) is 0. The first-order chi connectivity index (χ1) is 14.7. The predicted molar refractivity (Wildman–Crippen MR) is 114 cm³/mol. The van der Waals surface area contributed by atoms with Gasteiger partial charge in [-0.1, -0.05) is 12.1 Å². The molecule has 7 heteroatoms. The maximum absolute atomic E-state index is 13.3. The minimum absolute atomic E-state index is 0.243. The van der Waals surface area contributed by atoms with E-state index in [1.54, 1.807) is 29.5 Å². The zero-order valence-electron chi connectivity index (χ0n) is 16.5. The summed E-state index contributed by atoms with van der Waals surface area (Å²) in [5, 5.41) is 7.48. The smallest absolute Gasteiger partial charge is 0.274 e. The third kappa shape index (κ3) is 3.57. The largest absolute Gasteiger partial charge is 0.317 e. The minimum Gasteiger partial charge on any atom is -0.317 e. The van der Waals surface area contributed by atoms with Gasteiger partial charge in [0.15, 0.2) is 0 Å². The first-order valence-electron chi connectivity index (χ1n) is 9.87. The Hall–Kier alpha value is -3.87. The quantitative estimate of drug-likeness (QED) is 0.550. The molecule has 148 valence electrons. The fraction of sp³-hybridized carbons (Fsp3) is 0.174. The molecule has 0 bridgehead atoms. The molecule has 4 heterocycles. The third-order valence-electron chi connectivity index (χ3n) is 5.10. The number of carbonyl (C=O) groups excluding carboxylic acids is 1. The second-order valence-electron chi connectivity index (χ2n) is 7.38. The molecular formula is C23H20N6O. The number of anilines is 1. The maximum atomic E-state index is 13.3. The summed E-state index contributed by atoms with van der Waals surface area (Å²) in [6, 6.07) is 13.4. The van der Waals surface area contributed by atoms with Gasteiger partial charge in [0, 0.05) is 37.4 Å². The molecule has 0 aliphatic heterocycles. The molecule has 1 aliphatic carbocycles. The van der Waals surface area contributed by atoms with Crippen LogP contribution in [0, 0.1) is 0 Å². The van der Waals surface area contributed by atoms with E-state index < -0.39 is 0 Å². The highest BCUT2D eigenvalue weighted by Crippen LogP contribution is 2.42. The second kappa shape index (κ2) is 7.51. The van der Waals surface area contributed by atoms with E-state index in [4.69, 9.17) is 4.98 Å². The van der Waals surface area contributed by atoms with Gasteiger partial charge in [-0.3, -0.25) is 19.4 Å². The summed E-state index contributed by atoms with van der Waals surface area (Å²) in [7, 11) is 1.82. The zero-order valence-corrected chi connectivity index (χ0v) is 16.5. The van der Waals surface area contributed by atoms with Crippen LogP contribution in [0.2, 0.25) is 0 Å². The molecule has 4 aromatic heterocycles. The number of rotatable bonds is 5. The first-order valence-corrected chi connectivity index (χ1v) is 9.87. The molecule has 0 saturated heterocycles. The van der Waals surface area contributed by atoms with Crippen molar-refractivity contribution < 1.29 is 4.79 Å². The number of hydrogen-bond acceptors (Lipinski definition) is 5. The van der Waals surface area contributed by atoms with Crippen LogP contribution in [-0.2, 0) is 7.05 Å². The Morgan fingerprint density at radius 3 is 2.70 bits per heavy atom. The van der Waals surface area contributed by atoms with E-state index in [1.165, 1.54) is 0 Å². The second-order valence-corrected chi connectivity index (χ2v) is 7.38. The Balaban J connectivity index is 1.51. The van der Waals surface area contributed by atoms with E-state index in [-0.39, 0.29) is 5.91 Å². The number of nitrogens with zero attached hydrogens (tertiary/aromatic N) is 5. The summed E-state index contributed by atoms with van der Waals surface area (Å²) in [4.78, 5) is 26.5. The fourth-order valence-electron chi connectivity index (χ4n) is 3.50. The molecule has 1 N–H and O–H groups in total. The van der Waals surface area contributed by atoms with Crippen LogP contribution in [-0.4, -0.2) is 30.6 Å². The molecular weight excluding hydrogens is 376 g/mol. The molecule has 7 nitrogen and oxygen atoms in total. The lowest BCUT2D eigenvalue weighted by atomic mass is 10.1. The normalized spacial score (nSPS) is 13.2. The lowest BCUT2D eigenvalue weighted by Gasteiger charge is -2.11. The van der Waals surface area contributed by atoms with Crippen LogP contribution in [0.1, 0.15) is 34.8 Å². The first kappa shape index (κ1) is 18.2. The summed E-state index contributed by atoms with van der Waals surface area (Å²) < 4.78 is 1.67.